The summed E-state index contributed by atoms with van der Waals surface area (Å²) in [6, 6.07) is 18.3. The maximum atomic E-state index is 15.2. The number of imidazole rings is 1. The highest BCUT2D eigenvalue weighted by Gasteiger charge is 2.56. The zero-order valence-electron chi connectivity index (χ0n) is 42.3. The van der Waals surface area contributed by atoms with Gasteiger partial charge in [-0.05, 0) is 159 Å². The maximum absolute atomic E-state index is 15.2. The van der Waals surface area contributed by atoms with E-state index in [4.69, 9.17) is 9.97 Å². The summed E-state index contributed by atoms with van der Waals surface area (Å²) in [5.74, 6) is 0.629. The summed E-state index contributed by atoms with van der Waals surface area (Å²) in [6.45, 7) is 8.97. The molecule has 12 rings (SSSR count). The molecule has 3 aliphatic carbocycles. The average molecular weight is 977 g/mol. The molecule has 4 aromatic rings. The second-order valence-corrected chi connectivity index (χ2v) is 23.0. The lowest BCUT2D eigenvalue weighted by molar-refractivity contribution is -0.144. The van der Waals surface area contributed by atoms with Crippen LogP contribution >= 0.6 is 0 Å². The van der Waals surface area contributed by atoms with Gasteiger partial charge in [-0.2, -0.15) is 0 Å². The molecule has 15 nitrogen and oxygen atoms in total. The van der Waals surface area contributed by atoms with Gasteiger partial charge in [-0.3, -0.25) is 29.3 Å². The smallest absolute Gasteiger partial charge is 0.238 e. The van der Waals surface area contributed by atoms with Crippen LogP contribution in [0, 0.1) is 11.8 Å². The van der Waals surface area contributed by atoms with Gasteiger partial charge in [0.2, 0.25) is 29.5 Å². The minimum Gasteiger partial charge on any atom is -0.382 e. The number of benzene rings is 2. The van der Waals surface area contributed by atoms with Gasteiger partial charge in [0, 0.05) is 91.6 Å². The van der Waals surface area contributed by atoms with Crippen LogP contribution in [0.25, 0.3) is 22.3 Å². The predicted octanol–water partition coefficient (Wildman–Crippen LogP) is 7.91. The minimum absolute atomic E-state index is 0.00199. The third kappa shape index (κ3) is 8.84. The van der Waals surface area contributed by atoms with E-state index in [2.05, 4.69) is 68.4 Å². The number of carbonyl (C=O) groups excluding carboxylic acids is 5. The molecule has 3 N–H and O–H groups in total. The van der Waals surface area contributed by atoms with Gasteiger partial charge in [-0.25, -0.2) is 9.97 Å². The molecule has 8 aliphatic rings. The van der Waals surface area contributed by atoms with E-state index in [1.165, 1.54) is 19.3 Å². The molecule has 1 spiro atoms. The number of piperidine rings is 4. The summed E-state index contributed by atoms with van der Waals surface area (Å²) >= 11 is 0. The Labute approximate surface area is 423 Å². The zero-order chi connectivity index (χ0) is 49.3. The average Bonchev–Trinajstić information content (AvgIpc) is 4.05. The van der Waals surface area contributed by atoms with Gasteiger partial charge >= 0.3 is 0 Å². The molecule has 2 aromatic carbocycles. The molecule has 3 saturated carbocycles. The van der Waals surface area contributed by atoms with E-state index in [1.54, 1.807) is 0 Å². The Morgan fingerprint density at radius 3 is 2.07 bits per heavy atom. The SMILES string of the molecule is CC(C)n1cnc2cc(-c3ccc4c(c3)N([C@H]3C[C@@H](N5CCCCC5)C3)C(=O)C43CCN(C(=O)C4CCN(C(=O)[C@H]5CC[C@H](Nc6ccc(C7CCC(=O)NC7=O)cc6)CC5)CC4)CC3)nc(NC3CC3)c21. The van der Waals surface area contributed by atoms with Crippen LogP contribution in [0.3, 0.4) is 0 Å². The fraction of sp³-hybridized carbons (Fsp3) is 0.596. The molecule has 0 bridgehead atoms. The van der Waals surface area contributed by atoms with Gasteiger partial charge in [-0.1, -0.05) is 30.7 Å². The molecule has 0 radical (unpaired) electrons. The molecular weight excluding hydrogens is 905 g/mol. The van der Waals surface area contributed by atoms with E-state index in [9.17, 15) is 19.2 Å². The summed E-state index contributed by atoms with van der Waals surface area (Å²) in [4.78, 5) is 86.3. The van der Waals surface area contributed by atoms with Crippen molar-refractivity contribution in [1.82, 2.24) is 34.6 Å². The van der Waals surface area contributed by atoms with Crippen LogP contribution in [0.5, 0.6) is 0 Å². The van der Waals surface area contributed by atoms with Crippen LogP contribution < -0.4 is 20.9 Å². The third-order valence-corrected chi connectivity index (χ3v) is 18.2. The van der Waals surface area contributed by atoms with Crippen molar-refractivity contribution in [3.05, 3.63) is 66.0 Å². The van der Waals surface area contributed by atoms with E-state index in [0.29, 0.717) is 76.8 Å². The molecule has 2 aromatic heterocycles. The number of nitrogens with one attached hydrogen (secondary N) is 3. The van der Waals surface area contributed by atoms with E-state index in [-0.39, 0.29) is 65.4 Å². The number of imide groups is 1. The van der Waals surface area contributed by atoms with Gasteiger partial charge in [0.15, 0.2) is 5.82 Å². The van der Waals surface area contributed by atoms with Crippen LogP contribution in [0.1, 0.15) is 146 Å². The second kappa shape index (κ2) is 19.2. The number of hydrogen-bond donors (Lipinski definition) is 3. The Morgan fingerprint density at radius 1 is 0.722 bits per heavy atom. The third-order valence-electron chi connectivity index (χ3n) is 18.2. The summed E-state index contributed by atoms with van der Waals surface area (Å²) < 4.78 is 2.20. The van der Waals surface area contributed by atoms with Crippen molar-refractivity contribution in [1.29, 1.82) is 0 Å². The Bertz CT molecular complexity index is 2730. The fourth-order valence-electron chi connectivity index (χ4n) is 13.6. The van der Waals surface area contributed by atoms with Crippen molar-refractivity contribution in [3.63, 3.8) is 0 Å². The van der Waals surface area contributed by atoms with Crippen molar-refractivity contribution in [2.75, 3.05) is 54.8 Å². The first-order valence-corrected chi connectivity index (χ1v) is 27.6. The highest BCUT2D eigenvalue weighted by Crippen LogP contribution is 2.52. The molecule has 1 unspecified atom stereocenters. The first kappa shape index (κ1) is 47.2. The number of aromatic nitrogens is 3. The first-order valence-electron chi connectivity index (χ1n) is 27.6. The summed E-state index contributed by atoms with van der Waals surface area (Å²) in [5, 5.41) is 9.79. The summed E-state index contributed by atoms with van der Waals surface area (Å²) in [6.07, 6.45) is 16.9. The standard InChI is InChI=1S/C57H72N10O5/c1-35(2)66-34-58-48-33-47(61-52(51(48)66)60-42-15-16-42)39-10-18-46-49(30-39)67(44-31-43(32-44)63-24-4-3-5-25-63)56(72)57(46)22-28-65(29-23-57)55(71)38-20-26-64(27-21-38)54(70)37-8-13-41(14-9-37)59-40-11-6-36(7-12-40)45-17-19-50(68)62-53(45)69/h6-7,10-12,18,30,33-35,37-38,41-45,59H,3-5,8-9,13-17,19-29,31-32H2,1-2H3,(H,60,61)(H,62,68,69)/t37-,41-,43-,44+,45?. The molecule has 5 amide bonds. The lowest BCUT2D eigenvalue weighted by Crippen LogP contribution is -2.58. The second-order valence-electron chi connectivity index (χ2n) is 23.0. The number of likely N-dealkylation sites (tertiary alicyclic amines) is 3. The number of anilines is 3. The number of rotatable bonds is 11. The van der Waals surface area contributed by atoms with Crippen LogP contribution in [0.2, 0.25) is 0 Å². The quantitative estimate of drug-likeness (QED) is 0.126. The lowest BCUT2D eigenvalue weighted by atomic mass is 9.73. The van der Waals surface area contributed by atoms with E-state index < -0.39 is 5.41 Å². The molecular formula is C57H72N10O5. The predicted molar refractivity (Wildman–Crippen MR) is 277 cm³/mol. The molecule has 72 heavy (non-hydrogen) atoms. The fourth-order valence-corrected chi connectivity index (χ4v) is 13.6. The van der Waals surface area contributed by atoms with Crippen molar-refractivity contribution in [2.45, 2.75) is 165 Å². The number of pyridine rings is 1. The highest BCUT2D eigenvalue weighted by atomic mass is 16.2. The molecule has 1 atom stereocenters. The van der Waals surface area contributed by atoms with Crippen LogP contribution in [0.4, 0.5) is 17.2 Å². The summed E-state index contributed by atoms with van der Waals surface area (Å²) in [5.41, 5.74) is 7.17. The van der Waals surface area contributed by atoms with E-state index >= 15 is 4.79 Å². The van der Waals surface area contributed by atoms with Gasteiger partial charge in [0.05, 0.1) is 28.9 Å². The first-order chi connectivity index (χ1) is 35.0. The number of carbonyl (C=O) groups is 5. The Hall–Kier alpha value is -5.83. The van der Waals surface area contributed by atoms with Crippen molar-refractivity contribution in [3.8, 4) is 11.3 Å². The number of amides is 5. The molecule has 5 aliphatic heterocycles. The van der Waals surface area contributed by atoms with Crippen molar-refractivity contribution in [2.24, 2.45) is 11.8 Å². The molecule has 7 fully saturated rings. The van der Waals surface area contributed by atoms with Gasteiger partial charge in [-0.15, -0.1) is 0 Å². The molecule has 7 heterocycles. The van der Waals surface area contributed by atoms with Crippen molar-refractivity contribution < 1.29 is 24.0 Å². The van der Waals surface area contributed by atoms with E-state index in [1.807, 2.05) is 40.4 Å². The number of hydrogen-bond acceptors (Lipinski definition) is 10. The zero-order valence-corrected chi connectivity index (χ0v) is 42.3. The molecule has 380 valence electrons. The number of fused-ring (bicyclic) bond motifs is 3. The minimum atomic E-state index is -0.667. The van der Waals surface area contributed by atoms with Gasteiger partial charge in [0.1, 0.15) is 5.52 Å². The molecule has 4 saturated heterocycles. The topological polar surface area (TPSA) is 165 Å². The van der Waals surface area contributed by atoms with Crippen LogP contribution in [-0.2, 0) is 29.4 Å². The molecule has 15 heteroatoms. The Kier molecular flexibility index (Phi) is 12.6. The van der Waals surface area contributed by atoms with Crippen LogP contribution in [0.15, 0.2) is 54.9 Å². The van der Waals surface area contributed by atoms with Gasteiger partial charge in [0.25, 0.3) is 0 Å². The van der Waals surface area contributed by atoms with Crippen molar-refractivity contribution >= 4 is 57.8 Å². The normalized spacial score (nSPS) is 27.0. The monoisotopic (exact) mass is 977 g/mol. The van der Waals surface area contributed by atoms with E-state index in [0.717, 1.165) is 115 Å². The maximum Gasteiger partial charge on any atom is 0.238 e. The Balaban J connectivity index is 0.681. The summed E-state index contributed by atoms with van der Waals surface area (Å²) in [7, 11) is 0. The lowest BCUT2D eigenvalue weighted by Gasteiger charge is -2.48. The van der Waals surface area contributed by atoms with Gasteiger partial charge < -0.3 is 34.8 Å². The highest BCUT2D eigenvalue weighted by molar-refractivity contribution is 6.09. The Morgan fingerprint density at radius 2 is 1.39 bits per heavy atom. The number of nitrogens with zero attached hydrogens (tertiary/aromatic N) is 7. The van der Waals surface area contributed by atoms with Crippen LogP contribution in [-0.4, -0.2) is 122 Å². The largest absolute Gasteiger partial charge is 0.382 e.